The van der Waals surface area contributed by atoms with Gasteiger partial charge in [-0.1, -0.05) is 12.8 Å². The zero-order valence-corrected chi connectivity index (χ0v) is 10.8. The smallest absolute Gasteiger partial charge is 0.191 e. The average Bonchev–Trinajstić information content (AvgIpc) is 2.76. The summed E-state index contributed by atoms with van der Waals surface area (Å²) in [5.74, 6) is 0.875. The Labute approximate surface area is 104 Å². The Hall–Kier alpha value is -0.770. The van der Waals surface area contributed by atoms with Gasteiger partial charge in [0.05, 0.1) is 12.1 Å². The number of aliphatic imine (C=N–C) groups is 1. The van der Waals surface area contributed by atoms with Gasteiger partial charge in [-0.3, -0.25) is 4.99 Å². The van der Waals surface area contributed by atoms with Crippen LogP contribution in [0.5, 0.6) is 0 Å². The molecule has 98 valence electrons. The second kappa shape index (κ2) is 5.71. The van der Waals surface area contributed by atoms with Crippen LogP contribution >= 0.6 is 0 Å². The molecule has 3 N–H and O–H groups in total. The van der Waals surface area contributed by atoms with Crippen molar-refractivity contribution in [3.63, 3.8) is 0 Å². The minimum atomic E-state index is -0.516. The van der Waals surface area contributed by atoms with Gasteiger partial charge in [-0.15, -0.1) is 0 Å². The Morgan fingerprint density at radius 2 is 2.00 bits per heavy atom. The molecule has 0 heterocycles. The molecule has 0 aromatic rings. The molecule has 2 fully saturated rings. The van der Waals surface area contributed by atoms with Crippen LogP contribution in [0.15, 0.2) is 4.99 Å². The van der Waals surface area contributed by atoms with Crippen LogP contribution in [-0.2, 0) is 0 Å². The number of hydrogen-bond acceptors (Lipinski definition) is 2. The Morgan fingerprint density at radius 3 is 2.53 bits per heavy atom. The molecule has 0 aliphatic heterocycles. The van der Waals surface area contributed by atoms with E-state index in [9.17, 15) is 5.11 Å². The second-order valence-corrected chi connectivity index (χ2v) is 5.40. The summed E-state index contributed by atoms with van der Waals surface area (Å²) in [4.78, 5) is 4.52. The monoisotopic (exact) mass is 239 g/mol. The summed E-state index contributed by atoms with van der Waals surface area (Å²) in [5, 5.41) is 16.7. The Kier molecular flexibility index (Phi) is 4.26. The van der Waals surface area contributed by atoms with Crippen molar-refractivity contribution in [3.05, 3.63) is 0 Å². The van der Waals surface area contributed by atoms with Gasteiger partial charge in [0.1, 0.15) is 0 Å². The molecule has 0 amide bonds. The molecule has 0 radical (unpaired) electrons. The summed E-state index contributed by atoms with van der Waals surface area (Å²) >= 11 is 0. The van der Waals surface area contributed by atoms with E-state index in [0.29, 0.717) is 12.6 Å². The van der Waals surface area contributed by atoms with Gasteiger partial charge in [-0.05, 0) is 39.0 Å². The maximum Gasteiger partial charge on any atom is 0.191 e. The molecule has 0 spiro atoms. The van der Waals surface area contributed by atoms with Crippen molar-refractivity contribution in [2.45, 2.75) is 63.5 Å². The molecular weight excluding hydrogens is 214 g/mol. The lowest BCUT2D eigenvalue weighted by Crippen LogP contribution is -2.45. The Balaban J connectivity index is 1.83. The fraction of sp³-hybridized carbons (Fsp3) is 0.923. The molecule has 0 unspecified atom stereocenters. The molecule has 2 saturated carbocycles. The molecule has 0 bridgehead atoms. The quantitative estimate of drug-likeness (QED) is 0.513. The Bertz CT molecular complexity index is 268. The topological polar surface area (TPSA) is 56.7 Å². The largest absolute Gasteiger partial charge is 0.388 e. The van der Waals surface area contributed by atoms with Crippen LogP contribution in [-0.4, -0.2) is 35.8 Å². The third kappa shape index (κ3) is 3.60. The van der Waals surface area contributed by atoms with Crippen molar-refractivity contribution in [2.24, 2.45) is 4.99 Å². The van der Waals surface area contributed by atoms with Crippen LogP contribution in [0.4, 0.5) is 0 Å². The predicted molar refractivity (Wildman–Crippen MR) is 70.2 cm³/mol. The first-order chi connectivity index (χ1) is 8.22. The van der Waals surface area contributed by atoms with E-state index < -0.39 is 5.60 Å². The number of rotatable bonds is 4. The number of hydrogen-bond donors (Lipinski definition) is 3. The molecule has 17 heavy (non-hydrogen) atoms. The molecule has 2 rings (SSSR count). The molecule has 2 aliphatic carbocycles. The zero-order chi connectivity index (χ0) is 12.1. The van der Waals surface area contributed by atoms with Crippen LogP contribution in [0.2, 0.25) is 0 Å². The van der Waals surface area contributed by atoms with Crippen LogP contribution in [0.3, 0.4) is 0 Å². The van der Waals surface area contributed by atoms with Crippen LogP contribution < -0.4 is 10.6 Å². The highest BCUT2D eigenvalue weighted by molar-refractivity contribution is 5.80. The van der Waals surface area contributed by atoms with Gasteiger partial charge in [0.15, 0.2) is 5.96 Å². The molecule has 0 aromatic carbocycles. The van der Waals surface area contributed by atoms with E-state index in [4.69, 9.17) is 0 Å². The van der Waals surface area contributed by atoms with Crippen molar-refractivity contribution in [1.29, 1.82) is 0 Å². The summed E-state index contributed by atoms with van der Waals surface area (Å²) in [6, 6.07) is 0.573. The summed E-state index contributed by atoms with van der Waals surface area (Å²) in [6.45, 7) is 3.48. The third-order valence-electron chi connectivity index (χ3n) is 3.86. The van der Waals surface area contributed by atoms with E-state index in [1.807, 2.05) is 0 Å². The summed E-state index contributed by atoms with van der Waals surface area (Å²) < 4.78 is 0. The fourth-order valence-corrected chi connectivity index (χ4v) is 2.55. The van der Waals surface area contributed by atoms with Crippen LogP contribution in [0.1, 0.15) is 51.9 Å². The fourth-order valence-electron chi connectivity index (χ4n) is 2.55. The highest BCUT2D eigenvalue weighted by Gasteiger charge is 2.34. The van der Waals surface area contributed by atoms with Gasteiger partial charge in [0, 0.05) is 12.6 Å². The van der Waals surface area contributed by atoms with Gasteiger partial charge >= 0.3 is 0 Å². The van der Waals surface area contributed by atoms with Crippen molar-refractivity contribution in [3.8, 4) is 0 Å². The first-order valence-electron chi connectivity index (χ1n) is 6.99. The van der Waals surface area contributed by atoms with E-state index in [1.165, 1.54) is 25.7 Å². The molecule has 2 aliphatic rings. The number of guanidine groups is 1. The maximum absolute atomic E-state index is 10.0. The average molecular weight is 239 g/mol. The van der Waals surface area contributed by atoms with E-state index in [-0.39, 0.29) is 0 Å². The first kappa shape index (κ1) is 12.7. The maximum atomic E-state index is 10.0. The van der Waals surface area contributed by atoms with Crippen molar-refractivity contribution in [2.75, 3.05) is 13.1 Å². The summed E-state index contributed by atoms with van der Waals surface area (Å²) in [7, 11) is 0. The van der Waals surface area contributed by atoms with Gasteiger partial charge in [-0.2, -0.15) is 0 Å². The summed E-state index contributed by atoms with van der Waals surface area (Å²) in [5.41, 5.74) is -0.516. The lowest BCUT2D eigenvalue weighted by molar-refractivity contribution is -0.0236. The van der Waals surface area contributed by atoms with Crippen LogP contribution in [0.25, 0.3) is 0 Å². The van der Waals surface area contributed by atoms with Gasteiger partial charge in [0.2, 0.25) is 0 Å². The molecule has 4 heteroatoms. The third-order valence-corrected chi connectivity index (χ3v) is 3.86. The summed E-state index contributed by atoms with van der Waals surface area (Å²) in [6.07, 6.45) is 8.07. The first-order valence-corrected chi connectivity index (χ1v) is 6.99. The second-order valence-electron chi connectivity index (χ2n) is 5.40. The van der Waals surface area contributed by atoms with E-state index >= 15 is 0 Å². The standard InChI is InChI=1S/C13H25N3O/c1-2-14-12(16-11-6-3-4-7-11)15-10-13(17)8-5-9-13/h11,17H,2-10H2,1H3,(H2,14,15,16). The molecule has 0 atom stereocenters. The normalized spacial score (nSPS) is 24.5. The minimum Gasteiger partial charge on any atom is -0.388 e. The minimum absolute atomic E-state index is 0.516. The Morgan fingerprint density at radius 1 is 1.29 bits per heavy atom. The van der Waals surface area contributed by atoms with E-state index in [2.05, 4.69) is 22.5 Å². The van der Waals surface area contributed by atoms with Gasteiger partial charge < -0.3 is 15.7 Å². The molecule has 0 saturated heterocycles. The molecular formula is C13H25N3O. The van der Waals surface area contributed by atoms with Crippen molar-refractivity contribution in [1.82, 2.24) is 10.6 Å². The lowest BCUT2D eigenvalue weighted by Gasteiger charge is -2.35. The zero-order valence-electron chi connectivity index (χ0n) is 10.8. The predicted octanol–water partition coefficient (Wildman–Crippen LogP) is 1.40. The van der Waals surface area contributed by atoms with E-state index in [1.54, 1.807) is 0 Å². The van der Waals surface area contributed by atoms with E-state index in [0.717, 1.165) is 31.8 Å². The highest BCUT2D eigenvalue weighted by atomic mass is 16.3. The number of nitrogens with one attached hydrogen (secondary N) is 2. The lowest BCUT2D eigenvalue weighted by atomic mass is 9.80. The van der Waals surface area contributed by atoms with Crippen molar-refractivity contribution < 1.29 is 5.11 Å². The van der Waals surface area contributed by atoms with Gasteiger partial charge in [0.25, 0.3) is 0 Å². The molecule has 4 nitrogen and oxygen atoms in total. The van der Waals surface area contributed by atoms with Gasteiger partial charge in [-0.25, -0.2) is 0 Å². The molecule has 0 aromatic heterocycles. The number of nitrogens with zero attached hydrogens (tertiary/aromatic N) is 1. The number of aliphatic hydroxyl groups is 1. The SMILES string of the molecule is CCNC(=NCC1(O)CCC1)NC1CCCC1. The van der Waals surface area contributed by atoms with Crippen LogP contribution in [0, 0.1) is 0 Å². The highest BCUT2D eigenvalue weighted by Crippen LogP contribution is 2.31. The van der Waals surface area contributed by atoms with Crippen molar-refractivity contribution >= 4 is 5.96 Å².